The topological polar surface area (TPSA) is 709 Å². The standard InChI is InChI=1S/C88H66O40/c89-35-21-46(99)62-60(22-35)121-76(28-2-6-38(91)43(96)10-28)82(126-86(118)32-15-54(107)72(114)55(108)16-32)68(62)64-48(101)25-50(103)66-70(84(128-88(120)34-19-58(111)74(116)59(112)20-34)78(124-80(64)66)30-4-8-40(93)45(98)12-30)67-51(104)26-49(102)65-69(83(127-87(119)33-17-56(109)73(115)57(110)18-33)77(125-81(65)67)29-3-7-39(92)44(97)11-29)63-47(100)24-41(94)36-23-61(122-85(117)31-13-52(105)71(113)53(106)14-31)75(123-79(36)63)27-1-5-37(90)42(95)9-27/h1-22,24-26,61,68-70,75-78,82-84,89-116H,23H2. The number of phenolic OH excluding ortho intramolecular Hbond substituents is 28. The van der Waals surface area contributed by atoms with Crippen LogP contribution in [-0.2, 0) is 25.4 Å². The van der Waals surface area contributed by atoms with Crippen LogP contribution in [0.5, 0.6) is 184 Å². The molecule has 0 aromatic heterocycles. The summed E-state index contributed by atoms with van der Waals surface area (Å²) in [6, 6.07) is 18.9. The summed E-state index contributed by atoms with van der Waals surface area (Å²) in [6.07, 6.45) is -19.0. The summed E-state index contributed by atoms with van der Waals surface area (Å²) in [6.45, 7) is 0. The highest BCUT2D eigenvalue weighted by atomic mass is 16.6. The van der Waals surface area contributed by atoms with E-state index >= 15 is 14.4 Å². The average molecular weight is 1760 g/mol. The first-order chi connectivity index (χ1) is 60.6. The fourth-order valence-electron chi connectivity index (χ4n) is 16.2. The van der Waals surface area contributed by atoms with Crippen LogP contribution in [0.2, 0.25) is 0 Å². The van der Waals surface area contributed by atoms with Gasteiger partial charge in [-0.15, -0.1) is 0 Å². The first kappa shape index (κ1) is 83.8. The lowest BCUT2D eigenvalue weighted by molar-refractivity contribution is -0.0364. The van der Waals surface area contributed by atoms with Gasteiger partial charge in [0.15, 0.2) is 158 Å². The molecule has 0 bridgehead atoms. The summed E-state index contributed by atoms with van der Waals surface area (Å²) < 4.78 is 52.5. The second-order valence-electron chi connectivity index (χ2n) is 29.9. The number of carbonyl (C=O) groups excluding carboxylic acids is 4. The third-order valence-corrected chi connectivity index (χ3v) is 22.1. The number of esters is 4. The molecule has 28 N–H and O–H groups in total. The van der Waals surface area contributed by atoms with Crippen molar-refractivity contribution in [1.29, 1.82) is 0 Å². The molecule has 11 atom stereocenters. The number of phenols is 28. The maximum atomic E-state index is 15.6. The summed E-state index contributed by atoms with van der Waals surface area (Å²) in [5.41, 5.74) is -10.7. The smallest absolute Gasteiger partial charge is 0.338 e. The molecule has 40 nitrogen and oxygen atoms in total. The van der Waals surface area contributed by atoms with Gasteiger partial charge in [-0.2, -0.15) is 0 Å². The largest absolute Gasteiger partial charge is 0.508 e. The van der Waals surface area contributed by atoms with Crippen molar-refractivity contribution < 1.29 is 200 Å². The van der Waals surface area contributed by atoms with Gasteiger partial charge in [-0.1, -0.05) is 24.3 Å². The highest BCUT2D eigenvalue weighted by Gasteiger charge is 2.57. The minimum Gasteiger partial charge on any atom is -0.508 e. The summed E-state index contributed by atoms with van der Waals surface area (Å²) in [4.78, 5) is 60.4. The monoisotopic (exact) mass is 1760 g/mol. The fourth-order valence-corrected chi connectivity index (χ4v) is 16.2. The lowest BCUT2D eigenvalue weighted by Gasteiger charge is -2.45. The summed E-state index contributed by atoms with van der Waals surface area (Å²) >= 11 is 0. The molecule has 16 rings (SSSR count). The second kappa shape index (κ2) is 31.2. The van der Waals surface area contributed by atoms with Crippen LogP contribution in [0.4, 0.5) is 0 Å². The molecular weight excluding hydrogens is 1700 g/mol. The van der Waals surface area contributed by atoms with Crippen LogP contribution in [0.3, 0.4) is 0 Å². The molecule has 12 aromatic carbocycles. The predicted octanol–water partition coefficient (Wildman–Crippen LogP) is 9.82. The zero-order valence-corrected chi connectivity index (χ0v) is 64.4. The van der Waals surface area contributed by atoms with E-state index < -0.39 is 353 Å². The zero-order valence-electron chi connectivity index (χ0n) is 64.4. The van der Waals surface area contributed by atoms with Gasteiger partial charge < -0.3 is 181 Å². The van der Waals surface area contributed by atoms with Crippen molar-refractivity contribution in [2.75, 3.05) is 0 Å². The number of benzene rings is 12. The molecule has 4 heterocycles. The molecule has 658 valence electrons. The highest BCUT2D eigenvalue weighted by molar-refractivity contribution is 5.94. The first-order valence-electron chi connectivity index (χ1n) is 37.5. The Labute approximate surface area is 713 Å². The second-order valence-corrected chi connectivity index (χ2v) is 29.9. The van der Waals surface area contributed by atoms with E-state index in [-0.39, 0.29) is 11.1 Å². The Hall–Kier alpha value is -17.9. The van der Waals surface area contributed by atoms with E-state index in [1.54, 1.807) is 0 Å². The maximum Gasteiger partial charge on any atom is 0.338 e. The molecule has 4 aliphatic heterocycles. The fraction of sp³-hybridized carbons (Fsp3) is 0.136. The summed E-state index contributed by atoms with van der Waals surface area (Å²) in [7, 11) is 0. The highest BCUT2D eigenvalue weighted by Crippen LogP contribution is 2.67. The van der Waals surface area contributed by atoms with Crippen LogP contribution < -0.4 is 18.9 Å². The molecule has 0 saturated carbocycles. The van der Waals surface area contributed by atoms with Gasteiger partial charge in [-0.3, -0.25) is 0 Å². The van der Waals surface area contributed by atoms with Crippen molar-refractivity contribution >= 4 is 23.9 Å². The Balaban J connectivity index is 1.03. The number of fused-ring (bicyclic) bond motifs is 4. The summed E-state index contributed by atoms with van der Waals surface area (Å²) in [5.74, 6) is -47.4. The number of rotatable bonds is 15. The molecule has 0 spiro atoms. The lowest BCUT2D eigenvalue weighted by Crippen LogP contribution is -2.43. The van der Waals surface area contributed by atoms with Crippen LogP contribution in [0.15, 0.2) is 152 Å². The van der Waals surface area contributed by atoms with Crippen LogP contribution >= 0.6 is 0 Å². The normalized spacial score (nSPS) is 19.5. The van der Waals surface area contributed by atoms with Crippen molar-refractivity contribution in [3.8, 4) is 184 Å². The number of aromatic hydroxyl groups is 28. The Morgan fingerprint density at radius 2 is 0.492 bits per heavy atom. The van der Waals surface area contributed by atoms with Crippen LogP contribution in [0.1, 0.15) is 145 Å². The van der Waals surface area contributed by atoms with Crippen LogP contribution in [0.25, 0.3) is 0 Å². The molecule has 11 unspecified atom stereocenters. The molecular formula is C88H66O40. The number of hydrogen-bond donors (Lipinski definition) is 28. The predicted molar refractivity (Wildman–Crippen MR) is 423 cm³/mol. The van der Waals surface area contributed by atoms with Gasteiger partial charge in [-0.25, -0.2) is 19.2 Å². The minimum atomic E-state index is -2.62. The van der Waals surface area contributed by atoms with Gasteiger partial charge in [0.25, 0.3) is 0 Å². The maximum absolute atomic E-state index is 15.6. The van der Waals surface area contributed by atoms with Crippen molar-refractivity contribution in [1.82, 2.24) is 0 Å². The minimum absolute atomic E-state index is 0.267. The van der Waals surface area contributed by atoms with E-state index in [1.165, 1.54) is 0 Å². The number of ether oxygens (including phenoxy) is 8. The third-order valence-electron chi connectivity index (χ3n) is 22.1. The number of hydrogen-bond acceptors (Lipinski definition) is 40. The zero-order chi connectivity index (χ0) is 91.8. The van der Waals surface area contributed by atoms with Crippen molar-refractivity contribution in [2.24, 2.45) is 0 Å². The SMILES string of the molecule is O=C(OC1Cc2c(O)cc(O)c(C3c4c(O)cc(O)c(C5c6c(O)cc(O)c(C7c8c(O)cc(O)cc8OC(c8ccc(O)c(O)c8)C7OC(=O)c7cc(O)c(O)c(O)c7)c6OC(c6ccc(O)c(O)c6)C5OC(=O)c5cc(O)c(O)c(O)c5)c4OC(c4ccc(O)c(O)c4)C3OC(=O)c3cc(O)c(O)c(O)c3)c2OC1c1ccc(O)c(O)c1)c1cc(O)c(O)c(O)c1. The molecule has 0 amide bonds. The average Bonchev–Trinajstić information content (AvgIpc) is 0.775. The lowest BCUT2D eigenvalue weighted by atomic mass is 9.71. The molecule has 0 radical (unpaired) electrons. The Morgan fingerprint density at radius 3 is 0.805 bits per heavy atom. The Morgan fingerprint density at radius 1 is 0.234 bits per heavy atom. The third kappa shape index (κ3) is 14.3. The summed E-state index contributed by atoms with van der Waals surface area (Å²) in [5, 5.41) is 320. The molecule has 0 saturated heterocycles. The quantitative estimate of drug-likeness (QED) is 0.0258. The van der Waals surface area contributed by atoms with Gasteiger partial charge in [0.1, 0.15) is 75.1 Å². The van der Waals surface area contributed by atoms with Crippen LogP contribution in [0, 0.1) is 0 Å². The van der Waals surface area contributed by atoms with E-state index in [1.807, 2.05) is 0 Å². The Bertz CT molecular complexity index is 6610. The Kier molecular flexibility index (Phi) is 20.4. The van der Waals surface area contributed by atoms with E-state index in [2.05, 4.69) is 0 Å². The van der Waals surface area contributed by atoms with Crippen molar-refractivity contribution in [2.45, 2.75) is 73.0 Å². The molecule has 128 heavy (non-hydrogen) atoms. The van der Waals surface area contributed by atoms with E-state index in [0.29, 0.717) is 72.8 Å². The first-order valence-corrected chi connectivity index (χ1v) is 37.5. The molecule has 12 aromatic rings. The van der Waals surface area contributed by atoms with E-state index in [0.717, 1.165) is 78.9 Å². The van der Waals surface area contributed by atoms with Crippen LogP contribution in [-0.4, -0.2) is 191 Å². The van der Waals surface area contributed by atoms with Gasteiger partial charge in [0.05, 0.1) is 40.0 Å². The van der Waals surface area contributed by atoms with Crippen molar-refractivity contribution in [3.63, 3.8) is 0 Å². The number of carbonyl (C=O) groups is 4. The van der Waals surface area contributed by atoms with Crippen molar-refractivity contribution in [3.05, 3.63) is 235 Å². The van der Waals surface area contributed by atoms with Gasteiger partial charge >= 0.3 is 23.9 Å². The van der Waals surface area contributed by atoms with E-state index in [4.69, 9.17) is 37.9 Å². The molecule has 4 aliphatic rings. The van der Waals surface area contributed by atoms with Gasteiger partial charge in [0.2, 0.25) is 0 Å². The molecule has 0 aliphatic carbocycles. The van der Waals surface area contributed by atoms with Gasteiger partial charge in [0, 0.05) is 98.0 Å². The van der Waals surface area contributed by atoms with Gasteiger partial charge in [-0.05, 0) is 97.1 Å². The molecule has 40 heteroatoms. The van der Waals surface area contributed by atoms with E-state index in [9.17, 15) is 148 Å². The molecule has 0 fully saturated rings.